The summed E-state index contributed by atoms with van der Waals surface area (Å²) in [6.45, 7) is 0.764. The second kappa shape index (κ2) is 7.93. The fourth-order valence-electron chi connectivity index (χ4n) is 4.52. The first-order chi connectivity index (χ1) is 13.2. The molecule has 2 aliphatic rings. The number of hydrogen-bond acceptors (Lipinski definition) is 4. The minimum atomic E-state index is -0.0250. The molecule has 27 heavy (non-hydrogen) atoms. The molecular formula is C22H27NO3S. The zero-order chi connectivity index (χ0) is 18.8. The highest BCUT2D eigenvalue weighted by atomic mass is 32.1. The molecule has 1 aromatic heterocycles. The standard InChI is InChI=1S/C22H27NO3S/c1-25-18-13-16-10-11-23(22(24)15-7-4-3-5-8-15)21(20-9-6-12-27-20)17(16)14-19(18)26-2/h6,9,12-15,21H,3-5,7-8,10-11H2,1-2H3/t21-/m1/s1. The second-order valence-corrected chi connectivity index (χ2v) is 8.42. The Morgan fingerprint density at radius 1 is 1.11 bits per heavy atom. The van der Waals surface area contributed by atoms with E-state index < -0.39 is 0 Å². The molecule has 4 rings (SSSR count). The third-order valence-electron chi connectivity index (χ3n) is 5.92. The van der Waals surface area contributed by atoms with Crippen molar-refractivity contribution in [3.05, 3.63) is 45.6 Å². The van der Waals surface area contributed by atoms with Gasteiger partial charge in [-0.15, -0.1) is 11.3 Å². The van der Waals surface area contributed by atoms with Crippen molar-refractivity contribution in [3.63, 3.8) is 0 Å². The fraction of sp³-hybridized carbons (Fsp3) is 0.500. The van der Waals surface area contributed by atoms with Crippen LogP contribution in [-0.4, -0.2) is 31.6 Å². The number of amides is 1. The van der Waals surface area contributed by atoms with Gasteiger partial charge < -0.3 is 14.4 Å². The molecular weight excluding hydrogens is 358 g/mol. The second-order valence-electron chi connectivity index (χ2n) is 7.44. The summed E-state index contributed by atoms with van der Waals surface area (Å²) in [5.41, 5.74) is 2.42. The maximum atomic E-state index is 13.4. The Morgan fingerprint density at radius 3 is 2.52 bits per heavy atom. The van der Waals surface area contributed by atoms with Gasteiger partial charge in [0.25, 0.3) is 0 Å². The zero-order valence-electron chi connectivity index (χ0n) is 16.1. The number of fused-ring (bicyclic) bond motifs is 1. The summed E-state index contributed by atoms with van der Waals surface area (Å²) < 4.78 is 11.0. The van der Waals surface area contributed by atoms with Crippen LogP contribution in [0.3, 0.4) is 0 Å². The van der Waals surface area contributed by atoms with E-state index in [9.17, 15) is 4.79 Å². The van der Waals surface area contributed by atoms with Gasteiger partial charge in [0.2, 0.25) is 5.91 Å². The largest absolute Gasteiger partial charge is 0.493 e. The van der Waals surface area contributed by atoms with Gasteiger partial charge in [-0.05, 0) is 54.0 Å². The van der Waals surface area contributed by atoms with Gasteiger partial charge in [0.15, 0.2) is 11.5 Å². The van der Waals surface area contributed by atoms with Crippen LogP contribution >= 0.6 is 11.3 Å². The predicted octanol–water partition coefficient (Wildman–Crippen LogP) is 4.82. The number of rotatable bonds is 4. The van der Waals surface area contributed by atoms with E-state index in [0.717, 1.165) is 37.3 Å². The number of carbonyl (C=O) groups excluding carboxylic acids is 1. The van der Waals surface area contributed by atoms with Gasteiger partial charge in [-0.2, -0.15) is 0 Å². The van der Waals surface area contributed by atoms with Gasteiger partial charge in [0, 0.05) is 17.3 Å². The lowest BCUT2D eigenvalue weighted by Crippen LogP contribution is -2.43. The topological polar surface area (TPSA) is 38.8 Å². The molecule has 5 heteroatoms. The van der Waals surface area contributed by atoms with Crippen LogP contribution in [0, 0.1) is 5.92 Å². The Morgan fingerprint density at radius 2 is 1.85 bits per heavy atom. The Bertz CT molecular complexity index is 796. The summed E-state index contributed by atoms with van der Waals surface area (Å²) in [5, 5.41) is 2.09. The third kappa shape index (κ3) is 3.45. The molecule has 1 amide bonds. The van der Waals surface area contributed by atoms with Gasteiger partial charge in [-0.3, -0.25) is 4.79 Å². The number of methoxy groups -OCH3 is 2. The first-order valence-corrected chi connectivity index (χ1v) is 10.7. The van der Waals surface area contributed by atoms with E-state index in [2.05, 4.69) is 34.5 Å². The molecule has 2 heterocycles. The quantitative estimate of drug-likeness (QED) is 0.757. The Kier molecular flexibility index (Phi) is 5.39. The zero-order valence-corrected chi connectivity index (χ0v) is 16.9. The highest BCUT2D eigenvalue weighted by Crippen LogP contribution is 2.43. The van der Waals surface area contributed by atoms with E-state index in [4.69, 9.17) is 9.47 Å². The van der Waals surface area contributed by atoms with E-state index in [1.807, 2.05) is 0 Å². The lowest BCUT2D eigenvalue weighted by molar-refractivity contribution is -0.138. The minimum absolute atomic E-state index is 0.0250. The SMILES string of the molecule is COc1cc2c(cc1OC)[C@H](c1cccs1)N(C(=O)C1CCCCC1)CC2. The van der Waals surface area contributed by atoms with Gasteiger partial charge in [0.1, 0.15) is 0 Å². The van der Waals surface area contributed by atoms with Crippen molar-refractivity contribution in [1.29, 1.82) is 0 Å². The van der Waals surface area contributed by atoms with Gasteiger partial charge >= 0.3 is 0 Å². The van der Waals surface area contributed by atoms with Crippen LogP contribution in [0.4, 0.5) is 0 Å². The van der Waals surface area contributed by atoms with Crippen molar-refractivity contribution in [1.82, 2.24) is 4.90 Å². The van der Waals surface area contributed by atoms with Gasteiger partial charge in [-0.25, -0.2) is 0 Å². The number of thiophene rings is 1. The van der Waals surface area contributed by atoms with Crippen LogP contribution < -0.4 is 9.47 Å². The molecule has 0 saturated heterocycles. The summed E-state index contributed by atoms with van der Waals surface area (Å²) >= 11 is 1.72. The van der Waals surface area contributed by atoms with Crippen molar-refractivity contribution >= 4 is 17.2 Å². The molecule has 4 nitrogen and oxygen atoms in total. The molecule has 144 valence electrons. The highest BCUT2D eigenvalue weighted by Gasteiger charge is 2.36. The number of hydrogen-bond donors (Lipinski definition) is 0. The summed E-state index contributed by atoms with van der Waals surface area (Å²) in [4.78, 5) is 16.8. The fourth-order valence-corrected chi connectivity index (χ4v) is 5.38. The van der Waals surface area contributed by atoms with Crippen LogP contribution in [0.15, 0.2) is 29.6 Å². The summed E-state index contributed by atoms with van der Waals surface area (Å²) in [6.07, 6.45) is 6.54. The predicted molar refractivity (Wildman–Crippen MR) is 108 cm³/mol. The normalized spacial score (nSPS) is 20.2. The highest BCUT2D eigenvalue weighted by molar-refractivity contribution is 7.10. The van der Waals surface area contributed by atoms with Crippen LogP contribution in [0.2, 0.25) is 0 Å². The Labute approximate surface area is 165 Å². The minimum Gasteiger partial charge on any atom is -0.493 e. The van der Waals surface area contributed by atoms with E-state index >= 15 is 0 Å². The van der Waals surface area contributed by atoms with Gasteiger partial charge in [-0.1, -0.05) is 25.3 Å². The first kappa shape index (κ1) is 18.4. The molecule has 0 N–H and O–H groups in total. The smallest absolute Gasteiger partial charge is 0.226 e. The molecule has 1 aliphatic heterocycles. The lowest BCUT2D eigenvalue weighted by atomic mass is 9.85. The molecule has 1 fully saturated rings. The molecule has 1 aromatic carbocycles. The molecule has 0 spiro atoms. The number of benzene rings is 1. The molecule has 1 atom stereocenters. The third-order valence-corrected chi connectivity index (χ3v) is 6.85. The summed E-state index contributed by atoms with van der Waals surface area (Å²) in [5.74, 6) is 1.99. The van der Waals surface area contributed by atoms with E-state index in [1.54, 1.807) is 25.6 Å². The molecule has 0 radical (unpaired) electrons. The van der Waals surface area contributed by atoms with E-state index in [0.29, 0.717) is 5.91 Å². The summed E-state index contributed by atoms with van der Waals surface area (Å²) in [7, 11) is 3.33. The van der Waals surface area contributed by atoms with Crippen LogP contribution in [0.5, 0.6) is 11.5 Å². The van der Waals surface area contributed by atoms with Crippen LogP contribution in [0.25, 0.3) is 0 Å². The Balaban J connectivity index is 1.75. The summed E-state index contributed by atoms with van der Waals surface area (Å²) in [6, 6.07) is 8.33. The average molecular weight is 386 g/mol. The Hall–Kier alpha value is -2.01. The monoisotopic (exact) mass is 385 g/mol. The molecule has 0 bridgehead atoms. The van der Waals surface area contributed by atoms with Crippen molar-refractivity contribution in [2.45, 2.75) is 44.6 Å². The maximum Gasteiger partial charge on any atom is 0.226 e. The van der Waals surface area contributed by atoms with Crippen molar-refractivity contribution in [2.24, 2.45) is 5.92 Å². The molecule has 1 saturated carbocycles. The van der Waals surface area contributed by atoms with Crippen molar-refractivity contribution in [2.75, 3.05) is 20.8 Å². The lowest BCUT2D eigenvalue weighted by Gasteiger charge is -2.39. The maximum absolute atomic E-state index is 13.4. The number of nitrogens with zero attached hydrogens (tertiary/aromatic N) is 1. The first-order valence-electron chi connectivity index (χ1n) is 9.81. The number of carbonyl (C=O) groups is 1. The van der Waals surface area contributed by atoms with Crippen LogP contribution in [0.1, 0.15) is 54.1 Å². The molecule has 2 aromatic rings. The van der Waals surface area contributed by atoms with E-state index in [1.165, 1.54) is 35.3 Å². The van der Waals surface area contributed by atoms with E-state index in [-0.39, 0.29) is 12.0 Å². The van der Waals surface area contributed by atoms with Crippen molar-refractivity contribution < 1.29 is 14.3 Å². The molecule has 1 aliphatic carbocycles. The average Bonchev–Trinajstić information content (AvgIpc) is 3.26. The van der Waals surface area contributed by atoms with Crippen LogP contribution in [-0.2, 0) is 11.2 Å². The molecule has 0 unspecified atom stereocenters. The van der Waals surface area contributed by atoms with Gasteiger partial charge in [0.05, 0.1) is 20.3 Å². The van der Waals surface area contributed by atoms with Crippen molar-refractivity contribution in [3.8, 4) is 11.5 Å². The number of ether oxygens (including phenoxy) is 2.